The molecule has 0 spiro atoms. The maximum Gasteiger partial charge on any atom is 0.244 e. The summed E-state index contributed by atoms with van der Waals surface area (Å²) in [5, 5.41) is 5.36. The van der Waals surface area contributed by atoms with Gasteiger partial charge < -0.3 is 14.6 Å². The van der Waals surface area contributed by atoms with Gasteiger partial charge in [-0.05, 0) is 60.0 Å². The summed E-state index contributed by atoms with van der Waals surface area (Å²) in [5.41, 5.74) is 4.69. The van der Waals surface area contributed by atoms with Crippen LogP contribution in [0, 0.1) is 13.8 Å². The summed E-state index contributed by atoms with van der Waals surface area (Å²) in [6.07, 6.45) is 0. The maximum atomic E-state index is 13.0. The van der Waals surface area contributed by atoms with Gasteiger partial charge in [-0.2, -0.15) is 0 Å². The first-order chi connectivity index (χ1) is 16.1. The molecule has 0 atom stereocenters. The molecule has 0 radical (unpaired) electrons. The van der Waals surface area contributed by atoms with E-state index in [4.69, 9.17) is 9.72 Å². The normalized spacial score (nSPS) is 11.1. The van der Waals surface area contributed by atoms with Crippen molar-refractivity contribution in [3.8, 4) is 5.75 Å². The van der Waals surface area contributed by atoms with Crippen molar-refractivity contribution < 1.29 is 9.53 Å². The number of rotatable bonds is 6. The Morgan fingerprint density at radius 2 is 1.61 bits per heavy atom. The second-order valence-corrected chi connectivity index (χ2v) is 8.22. The summed E-state index contributed by atoms with van der Waals surface area (Å²) in [6.45, 7) is 4.42. The zero-order valence-corrected chi connectivity index (χ0v) is 18.7. The Morgan fingerprint density at radius 3 is 2.42 bits per heavy atom. The quantitative estimate of drug-likeness (QED) is 0.355. The third kappa shape index (κ3) is 4.30. The number of carbonyl (C=O) groups excluding carboxylic acids is 1. The van der Waals surface area contributed by atoms with Gasteiger partial charge in [0.2, 0.25) is 5.91 Å². The lowest BCUT2D eigenvalue weighted by molar-refractivity contribution is -0.116. The van der Waals surface area contributed by atoms with Crippen LogP contribution < -0.4 is 10.1 Å². The highest BCUT2D eigenvalue weighted by Crippen LogP contribution is 2.23. The number of imidazole rings is 1. The molecule has 5 nitrogen and oxygen atoms in total. The van der Waals surface area contributed by atoms with E-state index in [1.165, 1.54) is 5.39 Å². The van der Waals surface area contributed by atoms with E-state index >= 15 is 0 Å². The number of hydrogen-bond acceptors (Lipinski definition) is 3. The number of aryl methyl sites for hydroxylation is 2. The zero-order valence-electron chi connectivity index (χ0n) is 18.7. The van der Waals surface area contributed by atoms with Crippen molar-refractivity contribution in [2.45, 2.75) is 27.0 Å². The number of para-hydroxylation sites is 3. The summed E-state index contributed by atoms with van der Waals surface area (Å²) in [4.78, 5) is 17.7. The Hall–Kier alpha value is -4.12. The highest BCUT2D eigenvalue weighted by molar-refractivity contribution is 5.93. The van der Waals surface area contributed by atoms with Gasteiger partial charge in [-0.1, -0.05) is 60.7 Å². The molecule has 4 aromatic carbocycles. The van der Waals surface area contributed by atoms with Crippen molar-refractivity contribution in [2.75, 3.05) is 5.32 Å². The van der Waals surface area contributed by atoms with Crippen LogP contribution in [0.1, 0.15) is 17.0 Å². The van der Waals surface area contributed by atoms with Gasteiger partial charge in [0, 0.05) is 5.69 Å². The van der Waals surface area contributed by atoms with E-state index in [1.54, 1.807) is 0 Å². The minimum Gasteiger partial charge on any atom is -0.486 e. The van der Waals surface area contributed by atoms with Crippen LogP contribution >= 0.6 is 0 Å². The first-order valence-electron chi connectivity index (χ1n) is 11.0. The molecule has 0 saturated carbocycles. The Bertz CT molecular complexity index is 1450. The number of anilines is 1. The first-order valence-corrected chi connectivity index (χ1v) is 11.0. The van der Waals surface area contributed by atoms with E-state index in [2.05, 4.69) is 17.4 Å². The average molecular weight is 436 g/mol. The molecular weight excluding hydrogens is 410 g/mol. The van der Waals surface area contributed by atoms with Crippen molar-refractivity contribution >= 4 is 33.4 Å². The van der Waals surface area contributed by atoms with E-state index in [0.29, 0.717) is 5.82 Å². The van der Waals surface area contributed by atoms with Crippen LogP contribution in [0.3, 0.4) is 0 Å². The molecule has 33 heavy (non-hydrogen) atoms. The van der Waals surface area contributed by atoms with Crippen LogP contribution in [0.2, 0.25) is 0 Å². The molecule has 0 saturated heterocycles. The summed E-state index contributed by atoms with van der Waals surface area (Å²) in [6, 6.07) is 28.0. The molecule has 0 aliphatic rings. The molecule has 1 N–H and O–H groups in total. The molecule has 0 aliphatic heterocycles. The molecule has 5 aromatic rings. The Kier molecular flexibility index (Phi) is 5.53. The number of carbonyl (C=O) groups is 1. The smallest absolute Gasteiger partial charge is 0.244 e. The minimum atomic E-state index is -0.0949. The molecule has 1 amide bonds. The highest BCUT2D eigenvalue weighted by atomic mass is 16.5. The Labute approximate surface area is 192 Å². The molecule has 0 bridgehead atoms. The third-order valence-electron chi connectivity index (χ3n) is 5.87. The van der Waals surface area contributed by atoms with Gasteiger partial charge in [-0.25, -0.2) is 4.98 Å². The summed E-state index contributed by atoms with van der Waals surface area (Å²) >= 11 is 0. The fourth-order valence-electron chi connectivity index (χ4n) is 4.15. The van der Waals surface area contributed by atoms with Crippen LogP contribution in [0.15, 0.2) is 84.9 Å². The second kappa shape index (κ2) is 8.79. The van der Waals surface area contributed by atoms with Gasteiger partial charge in [-0.3, -0.25) is 4.79 Å². The van der Waals surface area contributed by atoms with E-state index in [1.807, 2.05) is 91.2 Å². The topological polar surface area (TPSA) is 56.2 Å². The number of fused-ring (bicyclic) bond motifs is 2. The Balaban J connectivity index is 1.40. The van der Waals surface area contributed by atoms with Crippen LogP contribution in [0.25, 0.3) is 21.8 Å². The van der Waals surface area contributed by atoms with Gasteiger partial charge in [0.1, 0.15) is 24.7 Å². The van der Waals surface area contributed by atoms with Gasteiger partial charge in [0.15, 0.2) is 0 Å². The van der Waals surface area contributed by atoms with Gasteiger partial charge in [-0.15, -0.1) is 0 Å². The van der Waals surface area contributed by atoms with Crippen molar-refractivity contribution in [1.29, 1.82) is 0 Å². The number of ether oxygens (including phenoxy) is 1. The predicted molar refractivity (Wildman–Crippen MR) is 133 cm³/mol. The lowest BCUT2D eigenvalue weighted by atomic mass is 10.1. The fourth-order valence-corrected chi connectivity index (χ4v) is 4.15. The molecule has 1 heterocycles. The lowest BCUT2D eigenvalue weighted by Crippen LogP contribution is -2.21. The van der Waals surface area contributed by atoms with E-state index < -0.39 is 0 Å². The number of nitrogens with zero attached hydrogens (tertiary/aromatic N) is 2. The van der Waals surface area contributed by atoms with Gasteiger partial charge >= 0.3 is 0 Å². The fraction of sp³-hybridized carbons (Fsp3) is 0.143. The number of aromatic nitrogens is 2. The van der Waals surface area contributed by atoms with Crippen molar-refractivity contribution in [3.63, 3.8) is 0 Å². The number of amides is 1. The van der Waals surface area contributed by atoms with Crippen LogP contribution in [-0.2, 0) is 17.9 Å². The van der Waals surface area contributed by atoms with Crippen LogP contribution in [-0.4, -0.2) is 15.5 Å². The van der Waals surface area contributed by atoms with Crippen molar-refractivity contribution in [2.24, 2.45) is 0 Å². The average Bonchev–Trinajstić information content (AvgIpc) is 3.17. The Morgan fingerprint density at radius 1 is 0.879 bits per heavy atom. The molecule has 164 valence electrons. The summed E-state index contributed by atoms with van der Waals surface area (Å²) in [5.74, 6) is 1.39. The standard InChI is InChI=1S/C28H25N3O2/c1-19-8-7-9-20(2)28(19)30-27(32)17-31-25-13-6-5-12-24(25)29-26(31)18-33-23-15-14-21-10-3-4-11-22(21)16-23/h3-16H,17-18H2,1-2H3,(H,30,32). The van der Waals surface area contributed by atoms with E-state index in [0.717, 1.165) is 39.0 Å². The van der Waals surface area contributed by atoms with Gasteiger partial charge in [0.25, 0.3) is 0 Å². The zero-order chi connectivity index (χ0) is 22.8. The van der Waals surface area contributed by atoms with Gasteiger partial charge in [0.05, 0.1) is 11.0 Å². The van der Waals surface area contributed by atoms with Crippen molar-refractivity contribution in [1.82, 2.24) is 9.55 Å². The predicted octanol–water partition coefficient (Wildman–Crippen LogP) is 6.02. The van der Waals surface area contributed by atoms with Crippen molar-refractivity contribution in [3.05, 3.63) is 102 Å². The maximum absolute atomic E-state index is 13.0. The number of nitrogens with one attached hydrogen (secondary N) is 1. The summed E-state index contributed by atoms with van der Waals surface area (Å²) < 4.78 is 8.02. The number of benzene rings is 4. The molecule has 1 aromatic heterocycles. The van der Waals surface area contributed by atoms with Crippen LogP contribution in [0.5, 0.6) is 5.75 Å². The monoisotopic (exact) mass is 435 g/mol. The minimum absolute atomic E-state index is 0.0949. The molecule has 5 rings (SSSR count). The molecule has 0 fully saturated rings. The molecular formula is C28H25N3O2. The summed E-state index contributed by atoms with van der Waals surface area (Å²) in [7, 11) is 0. The number of hydrogen-bond donors (Lipinski definition) is 1. The largest absolute Gasteiger partial charge is 0.486 e. The third-order valence-corrected chi connectivity index (χ3v) is 5.87. The molecule has 0 aliphatic carbocycles. The SMILES string of the molecule is Cc1cccc(C)c1NC(=O)Cn1c(COc2ccc3ccccc3c2)nc2ccccc21. The van der Waals surface area contributed by atoms with Crippen LogP contribution in [0.4, 0.5) is 5.69 Å². The lowest BCUT2D eigenvalue weighted by Gasteiger charge is -2.14. The first kappa shape index (κ1) is 20.8. The molecule has 5 heteroatoms. The van der Waals surface area contributed by atoms with E-state index in [9.17, 15) is 4.79 Å². The van der Waals surface area contributed by atoms with E-state index in [-0.39, 0.29) is 19.1 Å². The highest BCUT2D eigenvalue weighted by Gasteiger charge is 2.15. The molecule has 0 unspecified atom stereocenters. The second-order valence-electron chi connectivity index (χ2n) is 8.22.